The van der Waals surface area contributed by atoms with Gasteiger partial charge in [0.25, 0.3) is 0 Å². The third-order valence-electron chi connectivity index (χ3n) is 2.96. The summed E-state index contributed by atoms with van der Waals surface area (Å²) in [6.07, 6.45) is 2.17. The Labute approximate surface area is 84.2 Å². The summed E-state index contributed by atoms with van der Waals surface area (Å²) >= 11 is 0. The summed E-state index contributed by atoms with van der Waals surface area (Å²) in [6, 6.07) is 0.614. The number of carbonyl (C=O) groups excluding carboxylic acids is 1. The summed E-state index contributed by atoms with van der Waals surface area (Å²) in [5.41, 5.74) is 0. The SMILES string of the molecule is CCOCC(=O)N1C2CCC1COC2. The van der Waals surface area contributed by atoms with Crippen molar-refractivity contribution in [2.75, 3.05) is 26.4 Å². The molecule has 2 heterocycles. The van der Waals surface area contributed by atoms with Gasteiger partial charge >= 0.3 is 0 Å². The smallest absolute Gasteiger partial charge is 0.249 e. The van der Waals surface area contributed by atoms with E-state index in [9.17, 15) is 4.79 Å². The van der Waals surface area contributed by atoms with Crippen LogP contribution in [0.5, 0.6) is 0 Å². The number of ether oxygens (including phenoxy) is 2. The molecule has 0 N–H and O–H groups in total. The lowest BCUT2D eigenvalue weighted by Gasteiger charge is -2.34. The summed E-state index contributed by atoms with van der Waals surface area (Å²) < 4.78 is 10.5. The Morgan fingerprint density at radius 3 is 2.64 bits per heavy atom. The van der Waals surface area contributed by atoms with Gasteiger partial charge in [0.05, 0.1) is 25.3 Å². The zero-order valence-corrected chi connectivity index (χ0v) is 8.57. The molecule has 0 aromatic heterocycles. The van der Waals surface area contributed by atoms with E-state index in [4.69, 9.17) is 9.47 Å². The standard InChI is InChI=1S/C10H17NO3/c1-2-13-7-10(12)11-8-3-4-9(11)6-14-5-8/h8-9H,2-7H2,1H3. The molecule has 2 fully saturated rings. The molecule has 0 aromatic carbocycles. The molecule has 0 spiro atoms. The van der Waals surface area contributed by atoms with Crippen molar-refractivity contribution in [3.63, 3.8) is 0 Å². The molecule has 4 nitrogen and oxygen atoms in total. The molecule has 2 aliphatic rings. The van der Waals surface area contributed by atoms with Gasteiger partial charge in [-0.05, 0) is 19.8 Å². The van der Waals surface area contributed by atoms with Crippen LogP contribution in [-0.2, 0) is 14.3 Å². The van der Waals surface area contributed by atoms with Crippen molar-refractivity contribution in [1.29, 1.82) is 0 Å². The fourth-order valence-electron chi connectivity index (χ4n) is 2.30. The van der Waals surface area contributed by atoms with E-state index < -0.39 is 0 Å². The number of fused-ring (bicyclic) bond motifs is 2. The van der Waals surface area contributed by atoms with Gasteiger partial charge in [-0.25, -0.2) is 0 Å². The lowest BCUT2D eigenvalue weighted by molar-refractivity contribution is -0.145. The predicted molar refractivity (Wildman–Crippen MR) is 51.0 cm³/mol. The van der Waals surface area contributed by atoms with Crippen molar-refractivity contribution in [3.05, 3.63) is 0 Å². The fraction of sp³-hybridized carbons (Fsp3) is 0.900. The average Bonchev–Trinajstić information content (AvgIpc) is 2.45. The second kappa shape index (κ2) is 4.28. The van der Waals surface area contributed by atoms with Gasteiger partial charge in [0.15, 0.2) is 0 Å². The Kier molecular flexibility index (Phi) is 3.03. The van der Waals surface area contributed by atoms with Gasteiger partial charge in [-0.15, -0.1) is 0 Å². The Morgan fingerprint density at radius 1 is 1.43 bits per heavy atom. The van der Waals surface area contributed by atoms with Gasteiger partial charge in [-0.1, -0.05) is 0 Å². The van der Waals surface area contributed by atoms with Crippen molar-refractivity contribution < 1.29 is 14.3 Å². The van der Waals surface area contributed by atoms with Crippen LogP contribution in [0.4, 0.5) is 0 Å². The minimum absolute atomic E-state index is 0.127. The molecular formula is C10H17NO3. The van der Waals surface area contributed by atoms with Crippen LogP contribution in [0.15, 0.2) is 0 Å². The maximum Gasteiger partial charge on any atom is 0.249 e. The molecule has 2 saturated heterocycles. The molecule has 0 aromatic rings. The van der Waals surface area contributed by atoms with E-state index in [1.54, 1.807) is 0 Å². The number of nitrogens with zero attached hydrogens (tertiary/aromatic N) is 1. The van der Waals surface area contributed by atoms with Gasteiger partial charge in [-0.3, -0.25) is 4.79 Å². The molecule has 0 radical (unpaired) electrons. The number of rotatable bonds is 3. The van der Waals surface area contributed by atoms with Crippen LogP contribution in [0.2, 0.25) is 0 Å². The number of hydrogen-bond acceptors (Lipinski definition) is 3. The first-order valence-corrected chi connectivity index (χ1v) is 5.29. The molecule has 0 aliphatic carbocycles. The molecule has 1 amide bonds. The van der Waals surface area contributed by atoms with E-state index >= 15 is 0 Å². The van der Waals surface area contributed by atoms with Crippen molar-refractivity contribution in [2.45, 2.75) is 31.8 Å². The third-order valence-corrected chi connectivity index (χ3v) is 2.96. The molecule has 2 aliphatic heterocycles. The van der Waals surface area contributed by atoms with Gasteiger partial charge in [0.2, 0.25) is 5.91 Å². The van der Waals surface area contributed by atoms with E-state index in [2.05, 4.69) is 0 Å². The highest BCUT2D eigenvalue weighted by atomic mass is 16.5. The summed E-state index contributed by atoms with van der Waals surface area (Å²) in [7, 11) is 0. The second-order valence-electron chi connectivity index (χ2n) is 3.86. The molecule has 4 heteroatoms. The zero-order valence-electron chi connectivity index (χ0n) is 8.57. The van der Waals surface area contributed by atoms with Gasteiger partial charge < -0.3 is 14.4 Å². The molecule has 2 rings (SSSR count). The van der Waals surface area contributed by atoms with E-state index in [1.165, 1.54) is 0 Å². The van der Waals surface area contributed by atoms with Gasteiger partial charge in [-0.2, -0.15) is 0 Å². The van der Waals surface area contributed by atoms with Crippen LogP contribution in [-0.4, -0.2) is 49.3 Å². The number of amides is 1. The van der Waals surface area contributed by atoms with Crippen LogP contribution in [0.25, 0.3) is 0 Å². The fourth-order valence-corrected chi connectivity index (χ4v) is 2.30. The van der Waals surface area contributed by atoms with Gasteiger partial charge in [0.1, 0.15) is 6.61 Å². The highest BCUT2D eigenvalue weighted by molar-refractivity contribution is 5.78. The highest BCUT2D eigenvalue weighted by Crippen LogP contribution is 2.28. The summed E-state index contributed by atoms with van der Waals surface area (Å²) in [5.74, 6) is 0.127. The Balaban J connectivity index is 1.93. The molecule has 80 valence electrons. The first kappa shape index (κ1) is 9.93. The average molecular weight is 199 g/mol. The van der Waals surface area contributed by atoms with Crippen LogP contribution in [0, 0.1) is 0 Å². The lowest BCUT2D eigenvalue weighted by Crippen LogP contribution is -2.50. The third kappa shape index (κ3) is 1.77. The Morgan fingerprint density at radius 2 is 2.07 bits per heavy atom. The minimum atomic E-state index is 0.127. The molecule has 2 unspecified atom stereocenters. The number of carbonyl (C=O) groups is 1. The van der Waals surface area contributed by atoms with Crippen LogP contribution >= 0.6 is 0 Å². The number of hydrogen-bond donors (Lipinski definition) is 0. The van der Waals surface area contributed by atoms with Crippen molar-refractivity contribution in [2.24, 2.45) is 0 Å². The second-order valence-corrected chi connectivity index (χ2v) is 3.86. The number of morpholine rings is 1. The van der Waals surface area contributed by atoms with Crippen LogP contribution in [0.1, 0.15) is 19.8 Å². The first-order chi connectivity index (χ1) is 6.83. The highest BCUT2D eigenvalue weighted by Gasteiger charge is 2.39. The van der Waals surface area contributed by atoms with Crippen molar-refractivity contribution >= 4 is 5.91 Å². The summed E-state index contributed by atoms with van der Waals surface area (Å²) in [5, 5.41) is 0. The largest absolute Gasteiger partial charge is 0.377 e. The van der Waals surface area contributed by atoms with Crippen LogP contribution in [0.3, 0.4) is 0 Å². The normalized spacial score (nSPS) is 30.8. The Hall–Kier alpha value is -0.610. The van der Waals surface area contributed by atoms with E-state index in [0.717, 1.165) is 12.8 Å². The molecular weight excluding hydrogens is 182 g/mol. The van der Waals surface area contributed by atoms with E-state index in [-0.39, 0.29) is 12.5 Å². The quantitative estimate of drug-likeness (QED) is 0.661. The molecule has 2 atom stereocenters. The Bertz CT molecular complexity index is 203. The lowest BCUT2D eigenvalue weighted by atomic mass is 10.2. The molecule has 0 saturated carbocycles. The predicted octanol–water partition coefficient (Wildman–Crippen LogP) is 0.413. The van der Waals surface area contributed by atoms with Crippen molar-refractivity contribution in [3.8, 4) is 0 Å². The first-order valence-electron chi connectivity index (χ1n) is 5.29. The van der Waals surface area contributed by atoms with E-state index in [0.29, 0.717) is 31.9 Å². The monoisotopic (exact) mass is 199 g/mol. The molecule has 2 bridgehead atoms. The minimum Gasteiger partial charge on any atom is -0.377 e. The van der Waals surface area contributed by atoms with Gasteiger partial charge in [0, 0.05) is 6.61 Å². The van der Waals surface area contributed by atoms with Crippen molar-refractivity contribution in [1.82, 2.24) is 4.90 Å². The van der Waals surface area contributed by atoms with E-state index in [1.807, 2.05) is 11.8 Å². The van der Waals surface area contributed by atoms with Crippen LogP contribution < -0.4 is 0 Å². The summed E-state index contributed by atoms with van der Waals surface area (Å²) in [6.45, 7) is 4.14. The zero-order chi connectivity index (χ0) is 9.97. The maximum absolute atomic E-state index is 11.8. The maximum atomic E-state index is 11.8. The summed E-state index contributed by atoms with van der Waals surface area (Å²) in [4.78, 5) is 13.7. The molecule has 14 heavy (non-hydrogen) atoms. The topological polar surface area (TPSA) is 38.8 Å².